The summed E-state index contributed by atoms with van der Waals surface area (Å²) >= 11 is 0. The van der Waals surface area contributed by atoms with Gasteiger partial charge < -0.3 is 9.30 Å². The van der Waals surface area contributed by atoms with Gasteiger partial charge in [-0.05, 0) is 32.3 Å². The lowest BCUT2D eigenvalue weighted by Crippen LogP contribution is -2.49. The summed E-state index contributed by atoms with van der Waals surface area (Å²) in [5.41, 5.74) is 0.277. The van der Waals surface area contributed by atoms with Gasteiger partial charge in [0.25, 0.3) is 5.56 Å². The van der Waals surface area contributed by atoms with E-state index in [-0.39, 0.29) is 30.5 Å². The lowest BCUT2D eigenvalue weighted by molar-refractivity contribution is -0.153. The highest BCUT2D eigenvalue weighted by Gasteiger charge is 2.35. The molecule has 2 unspecified atom stereocenters. The molecule has 2 atom stereocenters. The molecule has 1 fully saturated rings. The molecule has 0 aromatic carbocycles. The third-order valence-electron chi connectivity index (χ3n) is 4.62. The first-order chi connectivity index (χ1) is 10.9. The Bertz CT molecular complexity index is 720. The van der Waals surface area contributed by atoms with Gasteiger partial charge in [-0.3, -0.25) is 14.5 Å². The molecule has 2 aliphatic heterocycles. The zero-order valence-corrected chi connectivity index (χ0v) is 14.8. The second-order valence-electron chi connectivity index (χ2n) is 7.02. The van der Waals surface area contributed by atoms with E-state index in [0.717, 1.165) is 31.7 Å². The van der Waals surface area contributed by atoms with Crippen molar-refractivity contribution in [3.63, 3.8) is 0 Å². The van der Waals surface area contributed by atoms with Gasteiger partial charge in [-0.2, -0.15) is 0 Å². The van der Waals surface area contributed by atoms with Crippen LogP contribution in [-0.4, -0.2) is 40.7 Å². The normalized spacial score (nSPS) is 22.7. The summed E-state index contributed by atoms with van der Waals surface area (Å²) in [5, 5.41) is 0. The average molecular weight is 351 g/mol. The number of likely N-dealkylation sites (tertiary alicyclic amines) is 1. The zero-order chi connectivity index (χ0) is 16.6. The standard InChI is InChI=1S/C18H22N2O3.ClH/c1-4-18(2,3)23-17(22)12-19-9-13-8-14(11-19)15-6-5-7-16(21)20(15)10-13;/h1,5-7,13-14H,8-12H2,2-3H3;1H. The molecule has 6 heteroatoms. The number of carbonyl (C=O) groups is 1. The van der Waals surface area contributed by atoms with Crippen molar-refractivity contribution in [2.24, 2.45) is 5.92 Å². The number of rotatable bonds is 3. The van der Waals surface area contributed by atoms with Crippen LogP contribution in [0.15, 0.2) is 23.0 Å². The Labute approximate surface area is 148 Å². The van der Waals surface area contributed by atoms with E-state index in [4.69, 9.17) is 11.2 Å². The van der Waals surface area contributed by atoms with Gasteiger partial charge in [-0.15, -0.1) is 18.8 Å². The van der Waals surface area contributed by atoms with Crippen molar-refractivity contribution in [3.8, 4) is 12.3 Å². The van der Waals surface area contributed by atoms with Crippen molar-refractivity contribution in [3.05, 3.63) is 34.2 Å². The fraction of sp³-hybridized carbons (Fsp3) is 0.556. The highest BCUT2D eigenvalue weighted by atomic mass is 35.5. The SMILES string of the molecule is C#CC(C)(C)OC(=O)CN1CC2CC(C1)c1cccc(=O)n1C2.Cl. The fourth-order valence-corrected chi connectivity index (χ4v) is 3.65. The molecule has 3 rings (SSSR count). The van der Waals surface area contributed by atoms with Crippen LogP contribution in [0.4, 0.5) is 0 Å². The van der Waals surface area contributed by atoms with E-state index in [2.05, 4.69) is 10.8 Å². The molecule has 2 aliphatic rings. The van der Waals surface area contributed by atoms with Gasteiger partial charge in [0.1, 0.15) is 0 Å². The number of pyridine rings is 1. The van der Waals surface area contributed by atoms with Gasteiger partial charge in [-0.1, -0.05) is 12.0 Å². The second kappa shape index (κ2) is 7.00. The quantitative estimate of drug-likeness (QED) is 0.614. The van der Waals surface area contributed by atoms with Gasteiger partial charge in [0, 0.05) is 37.3 Å². The average Bonchev–Trinajstić information content (AvgIpc) is 2.47. The van der Waals surface area contributed by atoms with Crippen LogP contribution in [-0.2, 0) is 16.1 Å². The van der Waals surface area contributed by atoms with Gasteiger partial charge in [0.2, 0.25) is 0 Å². The number of hydrogen-bond acceptors (Lipinski definition) is 4. The van der Waals surface area contributed by atoms with E-state index in [1.54, 1.807) is 19.9 Å². The van der Waals surface area contributed by atoms with Crippen molar-refractivity contribution in [2.75, 3.05) is 19.6 Å². The Hall–Kier alpha value is -1.77. The van der Waals surface area contributed by atoms with Crippen LogP contribution in [0.25, 0.3) is 0 Å². The van der Waals surface area contributed by atoms with Gasteiger partial charge >= 0.3 is 5.97 Å². The molecule has 1 aromatic rings. The van der Waals surface area contributed by atoms with Crippen LogP contribution in [0.1, 0.15) is 31.9 Å². The molecular formula is C18H23ClN2O3. The molecule has 1 aromatic heterocycles. The van der Waals surface area contributed by atoms with Crippen LogP contribution in [0.2, 0.25) is 0 Å². The number of terminal acetylenes is 1. The second-order valence-corrected chi connectivity index (χ2v) is 7.02. The maximum Gasteiger partial charge on any atom is 0.321 e. The highest BCUT2D eigenvalue weighted by Crippen LogP contribution is 2.34. The Morgan fingerprint density at radius 1 is 1.38 bits per heavy atom. The van der Waals surface area contributed by atoms with Crippen LogP contribution in [0, 0.1) is 18.3 Å². The Morgan fingerprint density at radius 3 is 2.83 bits per heavy atom. The molecular weight excluding hydrogens is 328 g/mol. The molecule has 24 heavy (non-hydrogen) atoms. The molecule has 0 saturated carbocycles. The number of aromatic nitrogens is 1. The Morgan fingerprint density at radius 2 is 2.12 bits per heavy atom. The molecule has 0 radical (unpaired) electrons. The Kier molecular flexibility index (Phi) is 5.42. The maximum atomic E-state index is 12.1. The van der Waals surface area contributed by atoms with E-state index in [1.807, 2.05) is 16.7 Å². The topological polar surface area (TPSA) is 51.5 Å². The largest absolute Gasteiger partial charge is 0.445 e. The molecule has 5 nitrogen and oxygen atoms in total. The highest BCUT2D eigenvalue weighted by molar-refractivity contribution is 5.85. The minimum absolute atomic E-state index is 0. The summed E-state index contributed by atoms with van der Waals surface area (Å²) in [6.45, 7) is 5.97. The first-order valence-corrected chi connectivity index (χ1v) is 7.99. The third-order valence-corrected chi connectivity index (χ3v) is 4.62. The predicted molar refractivity (Wildman–Crippen MR) is 94.2 cm³/mol. The lowest BCUT2D eigenvalue weighted by Gasteiger charge is -2.42. The van der Waals surface area contributed by atoms with E-state index in [9.17, 15) is 9.59 Å². The van der Waals surface area contributed by atoms with Crippen LogP contribution >= 0.6 is 12.4 Å². The third kappa shape index (κ3) is 3.82. The van der Waals surface area contributed by atoms with Crippen molar-refractivity contribution < 1.29 is 9.53 Å². The lowest BCUT2D eigenvalue weighted by atomic mass is 9.83. The summed E-state index contributed by atoms with van der Waals surface area (Å²) in [6.07, 6.45) is 6.43. The maximum absolute atomic E-state index is 12.1. The first-order valence-electron chi connectivity index (χ1n) is 7.99. The number of piperidine rings is 1. The first kappa shape index (κ1) is 18.6. The molecule has 0 N–H and O–H groups in total. The van der Waals surface area contributed by atoms with Crippen LogP contribution in [0.5, 0.6) is 0 Å². The van der Waals surface area contributed by atoms with Gasteiger partial charge in [0.05, 0.1) is 6.54 Å². The number of ether oxygens (including phenoxy) is 1. The smallest absolute Gasteiger partial charge is 0.321 e. The van der Waals surface area contributed by atoms with E-state index in [0.29, 0.717) is 11.8 Å². The number of nitrogens with zero attached hydrogens (tertiary/aromatic N) is 2. The monoisotopic (exact) mass is 350 g/mol. The van der Waals surface area contributed by atoms with E-state index >= 15 is 0 Å². The minimum atomic E-state index is -0.872. The van der Waals surface area contributed by atoms with Crippen molar-refractivity contribution in [1.29, 1.82) is 0 Å². The van der Waals surface area contributed by atoms with Crippen LogP contribution in [0.3, 0.4) is 0 Å². The van der Waals surface area contributed by atoms with Gasteiger partial charge in [0.15, 0.2) is 5.60 Å². The van der Waals surface area contributed by atoms with E-state index < -0.39 is 5.60 Å². The summed E-state index contributed by atoms with van der Waals surface area (Å²) in [5.74, 6) is 2.87. The Balaban J connectivity index is 0.00000208. The molecule has 0 spiro atoms. The van der Waals surface area contributed by atoms with Gasteiger partial charge in [-0.25, -0.2) is 0 Å². The van der Waals surface area contributed by atoms with Crippen molar-refractivity contribution in [2.45, 2.75) is 38.3 Å². The molecule has 2 bridgehead atoms. The van der Waals surface area contributed by atoms with E-state index in [1.165, 1.54) is 0 Å². The molecule has 3 heterocycles. The number of hydrogen-bond donors (Lipinski definition) is 0. The van der Waals surface area contributed by atoms with Crippen molar-refractivity contribution in [1.82, 2.24) is 9.47 Å². The number of carbonyl (C=O) groups excluding carboxylic acids is 1. The molecule has 130 valence electrons. The summed E-state index contributed by atoms with van der Waals surface area (Å²) in [7, 11) is 0. The number of halogens is 1. The number of esters is 1. The zero-order valence-electron chi connectivity index (χ0n) is 14.0. The van der Waals surface area contributed by atoms with Crippen LogP contribution < -0.4 is 5.56 Å². The number of fused-ring (bicyclic) bond motifs is 4. The fourth-order valence-electron chi connectivity index (χ4n) is 3.65. The molecule has 0 aliphatic carbocycles. The predicted octanol–water partition coefficient (Wildman–Crippen LogP) is 1.64. The summed E-state index contributed by atoms with van der Waals surface area (Å²) in [6, 6.07) is 5.45. The van der Waals surface area contributed by atoms with Crippen molar-refractivity contribution >= 4 is 18.4 Å². The minimum Gasteiger partial charge on any atom is -0.445 e. The summed E-state index contributed by atoms with van der Waals surface area (Å²) < 4.78 is 7.21. The summed E-state index contributed by atoms with van der Waals surface area (Å²) in [4.78, 5) is 26.2. The molecule has 0 amide bonds. The molecule has 1 saturated heterocycles.